The Hall–Kier alpha value is -2.17. The summed E-state index contributed by atoms with van der Waals surface area (Å²) in [6, 6.07) is 3.73. The van der Waals surface area contributed by atoms with Gasteiger partial charge in [-0.1, -0.05) is 6.08 Å². The van der Waals surface area contributed by atoms with Crippen molar-refractivity contribution in [3.05, 3.63) is 54.4 Å². The van der Waals surface area contributed by atoms with Crippen LogP contribution in [0, 0.1) is 18.6 Å². The Labute approximate surface area is 104 Å². The van der Waals surface area contributed by atoms with E-state index in [4.69, 9.17) is 0 Å². The van der Waals surface area contributed by atoms with Gasteiger partial charge in [0.15, 0.2) is 11.6 Å². The maximum atomic E-state index is 13.2. The van der Waals surface area contributed by atoms with E-state index in [1.807, 2.05) is 6.92 Å². The lowest BCUT2D eigenvalue weighted by atomic mass is 10.3. The van der Waals surface area contributed by atoms with Crippen molar-refractivity contribution >= 4 is 5.95 Å². The highest BCUT2D eigenvalue weighted by atomic mass is 19.2. The van der Waals surface area contributed by atoms with Crippen molar-refractivity contribution in [3.63, 3.8) is 0 Å². The molecule has 0 spiro atoms. The molecule has 3 nitrogen and oxygen atoms in total. The highest BCUT2D eigenvalue weighted by molar-refractivity contribution is 5.43. The Kier molecular flexibility index (Phi) is 3.41. The van der Waals surface area contributed by atoms with Crippen molar-refractivity contribution in [1.29, 1.82) is 0 Å². The lowest BCUT2D eigenvalue weighted by Crippen LogP contribution is -2.06. The van der Waals surface area contributed by atoms with Crippen LogP contribution in [-0.4, -0.2) is 16.1 Å². The van der Waals surface area contributed by atoms with Crippen LogP contribution in [-0.2, 0) is 0 Å². The van der Waals surface area contributed by atoms with Crippen LogP contribution in [0.4, 0.5) is 14.7 Å². The normalized spacial score (nSPS) is 10.4. The average Bonchev–Trinajstić information content (AvgIpc) is 2.71. The number of aromatic nitrogens is 2. The highest BCUT2D eigenvalue weighted by Crippen LogP contribution is 2.18. The third-order valence-corrected chi connectivity index (χ3v) is 2.41. The summed E-state index contributed by atoms with van der Waals surface area (Å²) in [7, 11) is 0. The van der Waals surface area contributed by atoms with E-state index < -0.39 is 11.6 Å². The van der Waals surface area contributed by atoms with Gasteiger partial charge in [0, 0.05) is 18.8 Å². The first-order valence-corrected chi connectivity index (χ1v) is 5.48. The van der Waals surface area contributed by atoms with Crippen LogP contribution in [0.2, 0.25) is 0 Å². The van der Waals surface area contributed by atoms with Gasteiger partial charge in [-0.15, -0.1) is 6.58 Å². The lowest BCUT2D eigenvalue weighted by molar-refractivity contribution is 0.508. The maximum Gasteiger partial charge on any atom is 0.207 e. The maximum absolute atomic E-state index is 13.2. The van der Waals surface area contributed by atoms with E-state index in [9.17, 15) is 8.78 Å². The smallest absolute Gasteiger partial charge is 0.207 e. The van der Waals surface area contributed by atoms with E-state index in [2.05, 4.69) is 16.9 Å². The van der Waals surface area contributed by atoms with Gasteiger partial charge in [0.05, 0.1) is 11.4 Å². The van der Waals surface area contributed by atoms with Crippen LogP contribution in [0.5, 0.6) is 0 Å². The van der Waals surface area contributed by atoms with Gasteiger partial charge < -0.3 is 5.32 Å². The number of hydrogen-bond donors (Lipinski definition) is 1. The van der Waals surface area contributed by atoms with Crippen LogP contribution in [0.1, 0.15) is 5.69 Å². The van der Waals surface area contributed by atoms with Gasteiger partial charge in [-0.3, -0.25) is 4.57 Å². The minimum atomic E-state index is -0.881. The second kappa shape index (κ2) is 5.00. The number of rotatable bonds is 4. The zero-order valence-corrected chi connectivity index (χ0v) is 9.95. The molecule has 1 aromatic heterocycles. The van der Waals surface area contributed by atoms with E-state index in [1.165, 1.54) is 6.07 Å². The number of nitrogens with zero attached hydrogens (tertiary/aromatic N) is 2. The fourth-order valence-electron chi connectivity index (χ4n) is 1.62. The largest absolute Gasteiger partial charge is 0.352 e. The quantitative estimate of drug-likeness (QED) is 0.844. The molecule has 94 valence electrons. The second-order valence-corrected chi connectivity index (χ2v) is 3.84. The van der Waals surface area contributed by atoms with Crippen molar-refractivity contribution in [2.45, 2.75) is 6.92 Å². The SMILES string of the molecule is C=CCNc1nc(C)cn1-c1ccc(F)c(F)c1. The standard InChI is InChI=1S/C13H13F2N3/c1-3-6-16-13-17-9(2)8-18(13)10-4-5-11(14)12(15)7-10/h3-5,7-8H,1,6H2,2H3,(H,16,17). The molecule has 0 atom stereocenters. The molecule has 0 unspecified atom stereocenters. The molecular formula is C13H13F2N3. The van der Waals surface area contributed by atoms with Crippen molar-refractivity contribution in [3.8, 4) is 5.69 Å². The third-order valence-electron chi connectivity index (χ3n) is 2.41. The van der Waals surface area contributed by atoms with Crippen LogP contribution < -0.4 is 5.32 Å². The summed E-state index contributed by atoms with van der Waals surface area (Å²) in [5.41, 5.74) is 1.30. The average molecular weight is 249 g/mol. The molecule has 0 radical (unpaired) electrons. The highest BCUT2D eigenvalue weighted by Gasteiger charge is 2.09. The molecule has 1 heterocycles. The van der Waals surface area contributed by atoms with Crippen molar-refractivity contribution in [2.75, 3.05) is 11.9 Å². The van der Waals surface area contributed by atoms with Crippen molar-refractivity contribution in [1.82, 2.24) is 9.55 Å². The van der Waals surface area contributed by atoms with E-state index in [-0.39, 0.29) is 0 Å². The second-order valence-electron chi connectivity index (χ2n) is 3.84. The van der Waals surface area contributed by atoms with E-state index in [0.717, 1.165) is 17.8 Å². The van der Waals surface area contributed by atoms with Crippen molar-refractivity contribution < 1.29 is 8.78 Å². The van der Waals surface area contributed by atoms with E-state index in [1.54, 1.807) is 16.8 Å². The van der Waals surface area contributed by atoms with Gasteiger partial charge >= 0.3 is 0 Å². The molecule has 0 amide bonds. The van der Waals surface area contributed by atoms with Crippen LogP contribution >= 0.6 is 0 Å². The van der Waals surface area contributed by atoms with Gasteiger partial charge in [-0.05, 0) is 19.1 Å². The number of halogens is 2. The summed E-state index contributed by atoms with van der Waals surface area (Å²) in [5, 5.41) is 3.03. The first-order chi connectivity index (χ1) is 8.61. The lowest BCUT2D eigenvalue weighted by Gasteiger charge is -2.08. The Morgan fingerprint density at radius 3 is 2.83 bits per heavy atom. The Morgan fingerprint density at radius 2 is 2.17 bits per heavy atom. The molecule has 5 heteroatoms. The monoisotopic (exact) mass is 249 g/mol. The number of aryl methyl sites for hydroxylation is 1. The predicted octanol–water partition coefficient (Wildman–Crippen LogP) is 3.06. The molecule has 0 bridgehead atoms. The third kappa shape index (κ3) is 2.40. The Balaban J connectivity index is 2.42. The van der Waals surface area contributed by atoms with Gasteiger partial charge in [-0.2, -0.15) is 0 Å². The first-order valence-electron chi connectivity index (χ1n) is 5.48. The minimum absolute atomic E-state index is 0.515. The summed E-state index contributed by atoms with van der Waals surface area (Å²) in [5.74, 6) is -1.18. The molecule has 0 fully saturated rings. The molecule has 2 rings (SSSR count). The van der Waals surface area contributed by atoms with Crippen LogP contribution in [0.25, 0.3) is 5.69 Å². The Morgan fingerprint density at radius 1 is 1.39 bits per heavy atom. The minimum Gasteiger partial charge on any atom is -0.352 e. The topological polar surface area (TPSA) is 29.9 Å². The summed E-state index contributed by atoms with van der Waals surface area (Å²) >= 11 is 0. The summed E-state index contributed by atoms with van der Waals surface area (Å²) in [6.45, 7) is 5.97. The van der Waals surface area contributed by atoms with Crippen LogP contribution in [0.3, 0.4) is 0 Å². The Bertz CT molecular complexity index is 576. The summed E-state index contributed by atoms with van der Waals surface area (Å²) < 4.78 is 27.8. The number of hydrogen-bond acceptors (Lipinski definition) is 2. The molecule has 0 aliphatic carbocycles. The molecule has 2 aromatic rings. The first kappa shape index (κ1) is 12.3. The number of anilines is 1. The van der Waals surface area contributed by atoms with E-state index in [0.29, 0.717) is 18.2 Å². The molecule has 0 aliphatic heterocycles. The van der Waals surface area contributed by atoms with Gasteiger partial charge in [0.25, 0.3) is 0 Å². The molecule has 1 aromatic carbocycles. The summed E-state index contributed by atoms with van der Waals surface area (Å²) in [4.78, 5) is 4.26. The zero-order valence-electron chi connectivity index (χ0n) is 9.95. The van der Waals surface area contributed by atoms with Gasteiger partial charge in [0.2, 0.25) is 5.95 Å². The molecule has 1 N–H and O–H groups in total. The molecule has 0 saturated heterocycles. The number of benzene rings is 1. The molecule has 18 heavy (non-hydrogen) atoms. The van der Waals surface area contributed by atoms with Gasteiger partial charge in [-0.25, -0.2) is 13.8 Å². The predicted molar refractivity (Wildman–Crippen MR) is 66.9 cm³/mol. The van der Waals surface area contributed by atoms with Gasteiger partial charge in [0.1, 0.15) is 0 Å². The number of imidazole rings is 1. The summed E-state index contributed by atoms with van der Waals surface area (Å²) in [6.07, 6.45) is 3.44. The molecule has 0 aliphatic rings. The number of nitrogens with one attached hydrogen (secondary N) is 1. The molecular weight excluding hydrogens is 236 g/mol. The molecule has 0 saturated carbocycles. The fourth-order valence-corrected chi connectivity index (χ4v) is 1.62. The fraction of sp³-hybridized carbons (Fsp3) is 0.154. The van der Waals surface area contributed by atoms with Crippen LogP contribution in [0.15, 0.2) is 37.1 Å². The van der Waals surface area contributed by atoms with E-state index >= 15 is 0 Å². The zero-order chi connectivity index (χ0) is 13.1. The van der Waals surface area contributed by atoms with Crippen molar-refractivity contribution in [2.24, 2.45) is 0 Å².